The molecule has 0 radical (unpaired) electrons. The van der Waals surface area contributed by atoms with Crippen molar-refractivity contribution < 1.29 is 9.53 Å². The molecule has 0 bridgehead atoms. The number of carbonyl (C=O) groups is 1. The van der Waals surface area contributed by atoms with Gasteiger partial charge in [0.05, 0.1) is 24.1 Å². The highest BCUT2D eigenvalue weighted by Crippen LogP contribution is 2.39. The molecule has 1 amide bonds. The number of hydrogen-bond donors (Lipinski definition) is 1. The standard InChI is InChI=1S/C22H23ClN6O2/c1-13-9-20(29-19(15-3-4-15)11-31-22(29)30)27-21(25-13)26-14(2)18-10-28(12-24-18)17-7-5-16(23)6-8-17/h5-10,12,14-15,19H,3-4,11H2,1-2H3,(H,25,26,27)/t14-,19+/m0/s1. The largest absolute Gasteiger partial charge is 0.447 e. The van der Waals surface area contributed by atoms with Crippen LogP contribution in [0.5, 0.6) is 0 Å². The number of aromatic nitrogens is 4. The summed E-state index contributed by atoms with van der Waals surface area (Å²) in [5.74, 6) is 1.53. The molecule has 1 aliphatic heterocycles. The van der Waals surface area contributed by atoms with Crippen LogP contribution in [0.1, 0.15) is 37.2 Å². The van der Waals surface area contributed by atoms with Crippen LogP contribution in [0.15, 0.2) is 42.9 Å². The smallest absolute Gasteiger partial charge is 0.415 e. The van der Waals surface area contributed by atoms with Crippen molar-refractivity contribution in [3.05, 3.63) is 59.3 Å². The first-order valence-electron chi connectivity index (χ1n) is 10.4. The summed E-state index contributed by atoms with van der Waals surface area (Å²) >= 11 is 5.98. The van der Waals surface area contributed by atoms with Gasteiger partial charge < -0.3 is 14.6 Å². The molecule has 1 aromatic carbocycles. The number of nitrogens with one attached hydrogen (secondary N) is 1. The number of amides is 1. The Balaban J connectivity index is 1.35. The minimum atomic E-state index is -0.337. The number of carbonyl (C=O) groups excluding carboxylic acids is 1. The van der Waals surface area contributed by atoms with Crippen molar-refractivity contribution in [3.63, 3.8) is 0 Å². The quantitative estimate of drug-likeness (QED) is 0.608. The SMILES string of the molecule is Cc1cc(N2C(=O)OC[C@@H]2C2CC2)nc(N[C@@H](C)c2cn(-c3ccc(Cl)cc3)cn2)n1. The monoisotopic (exact) mass is 438 g/mol. The third-order valence-corrected chi connectivity index (χ3v) is 5.93. The van der Waals surface area contributed by atoms with Crippen LogP contribution >= 0.6 is 11.6 Å². The summed E-state index contributed by atoms with van der Waals surface area (Å²) in [6, 6.07) is 9.32. The summed E-state index contributed by atoms with van der Waals surface area (Å²) < 4.78 is 7.24. The van der Waals surface area contributed by atoms with Gasteiger partial charge in [0.15, 0.2) is 0 Å². The number of ether oxygens (including phenoxy) is 1. The molecule has 160 valence electrons. The second kappa shape index (κ2) is 7.85. The fourth-order valence-electron chi connectivity index (χ4n) is 3.85. The van der Waals surface area contributed by atoms with E-state index in [1.807, 2.05) is 54.9 Å². The Kier molecular flexibility index (Phi) is 5.02. The van der Waals surface area contributed by atoms with Crippen molar-refractivity contribution in [2.24, 2.45) is 5.92 Å². The van der Waals surface area contributed by atoms with Crippen molar-refractivity contribution in [1.82, 2.24) is 19.5 Å². The summed E-state index contributed by atoms with van der Waals surface area (Å²) in [5.41, 5.74) is 2.60. The molecule has 9 heteroatoms. The molecule has 8 nitrogen and oxygen atoms in total. The summed E-state index contributed by atoms with van der Waals surface area (Å²) in [6.07, 6.45) is 5.63. The molecule has 1 saturated carbocycles. The van der Waals surface area contributed by atoms with Gasteiger partial charge >= 0.3 is 6.09 Å². The predicted molar refractivity (Wildman–Crippen MR) is 118 cm³/mol. The maximum Gasteiger partial charge on any atom is 0.415 e. The van der Waals surface area contributed by atoms with E-state index in [4.69, 9.17) is 16.3 Å². The Hall–Kier alpha value is -3.13. The number of rotatable bonds is 6. The maximum atomic E-state index is 12.3. The number of imidazole rings is 1. The molecule has 3 heterocycles. The summed E-state index contributed by atoms with van der Waals surface area (Å²) in [5, 5.41) is 4.01. The molecule has 2 aromatic heterocycles. The van der Waals surface area contributed by atoms with E-state index in [0.29, 0.717) is 29.3 Å². The number of anilines is 2. The van der Waals surface area contributed by atoms with E-state index in [1.54, 1.807) is 11.2 Å². The van der Waals surface area contributed by atoms with E-state index in [0.717, 1.165) is 29.9 Å². The van der Waals surface area contributed by atoms with Crippen LogP contribution in [-0.2, 0) is 4.74 Å². The second-order valence-electron chi connectivity index (χ2n) is 8.09. The van der Waals surface area contributed by atoms with Gasteiger partial charge in [-0.3, -0.25) is 4.90 Å². The minimum absolute atomic E-state index is 0.0575. The molecule has 31 heavy (non-hydrogen) atoms. The molecule has 0 spiro atoms. The summed E-state index contributed by atoms with van der Waals surface area (Å²) in [4.78, 5) is 27.7. The molecule has 2 atom stereocenters. The van der Waals surface area contributed by atoms with Crippen molar-refractivity contribution >= 4 is 29.5 Å². The van der Waals surface area contributed by atoms with Gasteiger partial charge in [0, 0.05) is 28.7 Å². The summed E-state index contributed by atoms with van der Waals surface area (Å²) in [6.45, 7) is 4.31. The lowest BCUT2D eigenvalue weighted by Crippen LogP contribution is -2.36. The number of halogens is 1. The van der Waals surface area contributed by atoms with Crippen molar-refractivity contribution in [2.75, 3.05) is 16.8 Å². The van der Waals surface area contributed by atoms with Crippen molar-refractivity contribution in [3.8, 4) is 5.69 Å². The van der Waals surface area contributed by atoms with Crippen LogP contribution in [-0.4, -0.2) is 38.3 Å². The molecule has 1 N–H and O–H groups in total. The topological polar surface area (TPSA) is 85.2 Å². The third-order valence-electron chi connectivity index (χ3n) is 5.68. The molecule has 0 unspecified atom stereocenters. The zero-order valence-electron chi connectivity index (χ0n) is 17.3. The lowest BCUT2D eigenvalue weighted by atomic mass is 10.2. The molecule has 1 saturated heterocycles. The van der Waals surface area contributed by atoms with Crippen LogP contribution in [0, 0.1) is 12.8 Å². The fraction of sp³-hybridized carbons (Fsp3) is 0.364. The number of benzene rings is 1. The Labute approximate surface area is 185 Å². The zero-order chi connectivity index (χ0) is 21.5. The van der Waals surface area contributed by atoms with Crippen LogP contribution < -0.4 is 10.2 Å². The van der Waals surface area contributed by atoms with Gasteiger partial charge in [0.1, 0.15) is 12.4 Å². The van der Waals surface area contributed by atoms with E-state index in [1.165, 1.54) is 0 Å². The molecule has 3 aromatic rings. The highest BCUT2D eigenvalue weighted by molar-refractivity contribution is 6.30. The predicted octanol–water partition coefficient (Wildman–Crippen LogP) is 4.53. The lowest BCUT2D eigenvalue weighted by molar-refractivity contribution is 0.178. The number of cyclic esters (lactones) is 1. The van der Waals surface area contributed by atoms with Crippen LogP contribution in [0.4, 0.5) is 16.6 Å². The highest BCUT2D eigenvalue weighted by atomic mass is 35.5. The van der Waals surface area contributed by atoms with E-state index in [-0.39, 0.29) is 18.2 Å². The Bertz CT molecular complexity index is 1110. The molecule has 1 aliphatic carbocycles. The van der Waals surface area contributed by atoms with E-state index in [9.17, 15) is 4.79 Å². The van der Waals surface area contributed by atoms with E-state index in [2.05, 4.69) is 20.3 Å². The first kappa shape index (κ1) is 19.8. The summed E-state index contributed by atoms with van der Waals surface area (Å²) in [7, 11) is 0. The molecule has 2 aliphatic rings. The number of hydrogen-bond acceptors (Lipinski definition) is 6. The molecule has 5 rings (SSSR count). The Morgan fingerprint density at radius 1 is 1.23 bits per heavy atom. The maximum absolute atomic E-state index is 12.3. The molecular formula is C22H23ClN6O2. The van der Waals surface area contributed by atoms with Crippen LogP contribution in [0.2, 0.25) is 5.02 Å². The zero-order valence-corrected chi connectivity index (χ0v) is 18.1. The number of aryl methyl sites for hydroxylation is 1. The van der Waals surface area contributed by atoms with Crippen molar-refractivity contribution in [1.29, 1.82) is 0 Å². The van der Waals surface area contributed by atoms with Gasteiger partial charge in [-0.05, 0) is 56.9 Å². The van der Waals surface area contributed by atoms with Crippen LogP contribution in [0.3, 0.4) is 0 Å². The molecule has 2 fully saturated rings. The number of nitrogens with zero attached hydrogens (tertiary/aromatic N) is 5. The van der Waals surface area contributed by atoms with Gasteiger partial charge in [-0.1, -0.05) is 11.6 Å². The Morgan fingerprint density at radius 2 is 2.00 bits per heavy atom. The minimum Gasteiger partial charge on any atom is -0.447 e. The van der Waals surface area contributed by atoms with Gasteiger partial charge in [-0.25, -0.2) is 14.8 Å². The average molecular weight is 439 g/mol. The fourth-order valence-corrected chi connectivity index (χ4v) is 3.98. The van der Waals surface area contributed by atoms with Gasteiger partial charge in [0.25, 0.3) is 0 Å². The first-order valence-corrected chi connectivity index (χ1v) is 10.7. The Morgan fingerprint density at radius 3 is 2.74 bits per heavy atom. The molecular weight excluding hydrogens is 416 g/mol. The van der Waals surface area contributed by atoms with Gasteiger partial charge in [-0.15, -0.1) is 0 Å². The highest BCUT2D eigenvalue weighted by Gasteiger charge is 2.44. The third kappa shape index (κ3) is 4.07. The lowest BCUT2D eigenvalue weighted by Gasteiger charge is -2.21. The second-order valence-corrected chi connectivity index (χ2v) is 8.53. The van der Waals surface area contributed by atoms with Crippen molar-refractivity contribution in [2.45, 2.75) is 38.8 Å². The van der Waals surface area contributed by atoms with E-state index < -0.39 is 0 Å². The average Bonchev–Trinajstić information content (AvgIpc) is 3.32. The van der Waals surface area contributed by atoms with Gasteiger partial charge in [-0.2, -0.15) is 4.98 Å². The first-order chi connectivity index (χ1) is 15.0. The normalized spacial score (nSPS) is 19.4. The van der Waals surface area contributed by atoms with Crippen LogP contribution in [0.25, 0.3) is 5.69 Å². The van der Waals surface area contributed by atoms with E-state index >= 15 is 0 Å². The van der Waals surface area contributed by atoms with Gasteiger partial charge in [0.2, 0.25) is 5.95 Å².